The van der Waals surface area contributed by atoms with E-state index in [1.807, 2.05) is 0 Å². The van der Waals surface area contributed by atoms with Gasteiger partial charge in [-0.15, -0.1) is 11.3 Å². The zero-order chi connectivity index (χ0) is 12.1. The number of hydrogen-bond donors (Lipinski definition) is 3. The van der Waals surface area contributed by atoms with E-state index in [4.69, 9.17) is 10.8 Å². The molecule has 4 N–H and O–H groups in total. The number of carboxylic acids is 1. The van der Waals surface area contributed by atoms with Gasteiger partial charge in [-0.3, -0.25) is 4.79 Å². The number of nitrogens with zero attached hydrogens (tertiary/aromatic N) is 1. The van der Waals surface area contributed by atoms with Gasteiger partial charge in [0.05, 0.1) is 0 Å². The van der Waals surface area contributed by atoms with Crippen molar-refractivity contribution in [2.45, 2.75) is 19.8 Å². The highest BCUT2D eigenvalue weighted by molar-refractivity contribution is 7.15. The van der Waals surface area contributed by atoms with E-state index in [9.17, 15) is 9.59 Å². The van der Waals surface area contributed by atoms with E-state index in [2.05, 4.69) is 10.3 Å². The van der Waals surface area contributed by atoms with Crippen LogP contribution in [0.5, 0.6) is 0 Å². The number of rotatable bonds is 6. The summed E-state index contributed by atoms with van der Waals surface area (Å²) in [5.74, 6) is -1.37. The van der Waals surface area contributed by atoms with Crippen LogP contribution in [0.2, 0.25) is 0 Å². The van der Waals surface area contributed by atoms with Crippen LogP contribution in [0, 0.1) is 6.92 Å². The first-order valence-electron chi connectivity index (χ1n) is 4.73. The Morgan fingerprint density at radius 2 is 2.25 bits per heavy atom. The SMILES string of the molecule is Cc1sc(NCCCC(N)=O)nc1C(=O)O. The van der Waals surface area contributed by atoms with E-state index in [1.54, 1.807) is 6.92 Å². The summed E-state index contributed by atoms with van der Waals surface area (Å²) < 4.78 is 0. The second kappa shape index (κ2) is 5.45. The van der Waals surface area contributed by atoms with Crippen LogP contribution < -0.4 is 11.1 Å². The Morgan fingerprint density at radius 1 is 1.56 bits per heavy atom. The maximum Gasteiger partial charge on any atom is 0.355 e. The third-order valence-electron chi connectivity index (χ3n) is 1.88. The Balaban J connectivity index is 2.46. The molecule has 0 fully saturated rings. The number of nitrogens with one attached hydrogen (secondary N) is 1. The molecule has 0 aliphatic rings. The van der Waals surface area contributed by atoms with Crippen molar-refractivity contribution in [3.63, 3.8) is 0 Å². The third kappa shape index (κ3) is 3.50. The molecule has 0 saturated heterocycles. The quantitative estimate of drug-likeness (QED) is 0.642. The van der Waals surface area contributed by atoms with Gasteiger partial charge in [0.2, 0.25) is 5.91 Å². The Labute approximate surface area is 96.5 Å². The monoisotopic (exact) mass is 243 g/mol. The first-order chi connectivity index (χ1) is 7.50. The van der Waals surface area contributed by atoms with Gasteiger partial charge in [-0.25, -0.2) is 9.78 Å². The molecule has 0 unspecified atom stereocenters. The van der Waals surface area contributed by atoms with Gasteiger partial charge in [-0.2, -0.15) is 0 Å². The van der Waals surface area contributed by atoms with Crippen LogP contribution in [-0.4, -0.2) is 28.5 Å². The molecule has 7 heteroatoms. The molecule has 0 saturated carbocycles. The number of primary amides is 1. The van der Waals surface area contributed by atoms with Crippen molar-refractivity contribution >= 4 is 28.3 Å². The minimum Gasteiger partial charge on any atom is -0.476 e. The Morgan fingerprint density at radius 3 is 2.75 bits per heavy atom. The van der Waals surface area contributed by atoms with Crippen LogP contribution >= 0.6 is 11.3 Å². The maximum atomic E-state index is 10.7. The minimum atomic E-state index is -1.03. The molecule has 0 aliphatic carbocycles. The Hall–Kier alpha value is -1.63. The Bertz CT molecular complexity index is 403. The summed E-state index contributed by atoms with van der Waals surface area (Å²) in [7, 11) is 0. The van der Waals surface area contributed by atoms with E-state index < -0.39 is 5.97 Å². The summed E-state index contributed by atoms with van der Waals surface area (Å²) in [5.41, 5.74) is 5.05. The largest absolute Gasteiger partial charge is 0.476 e. The molecule has 88 valence electrons. The number of carbonyl (C=O) groups is 2. The van der Waals surface area contributed by atoms with Crippen molar-refractivity contribution in [3.05, 3.63) is 10.6 Å². The fourth-order valence-corrected chi connectivity index (χ4v) is 1.96. The smallest absolute Gasteiger partial charge is 0.355 e. The summed E-state index contributed by atoms with van der Waals surface area (Å²) in [5, 5.41) is 12.3. The lowest BCUT2D eigenvalue weighted by Crippen LogP contribution is -2.12. The summed E-state index contributed by atoms with van der Waals surface area (Å²) in [6, 6.07) is 0. The van der Waals surface area contributed by atoms with Gasteiger partial charge in [0.15, 0.2) is 10.8 Å². The van der Waals surface area contributed by atoms with Gasteiger partial charge >= 0.3 is 5.97 Å². The van der Waals surface area contributed by atoms with Crippen LogP contribution in [0.15, 0.2) is 0 Å². The number of aromatic carboxylic acids is 1. The van der Waals surface area contributed by atoms with Crippen molar-refractivity contribution in [2.75, 3.05) is 11.9 Å². The van der Waals surface area contributed by atoms with Gasteiger partial charge < -0.3 is 16.2 Å². The molecule has 1 aromatic rings. The molecular formula is C9H13N3O3S. The second-order valence-electron chi connectivity index (χ2n) is 3.23. The second-order valence-corrected chi connectivity index (χ2v) is 4.43. The fourth-order valence-electron chi connectivity index (χ4n) is 1.13. The topological polar surface area (TPSA) is 105 Å². The lowest BCUT2D eigenvalue weighted by atomic mass is 10.3. The van der Waals surface area contributed by atoms with Crippen LogP contribution in [0.25, 0.3) is 0 Å². The number of thiazole rings is 1. The molecule has 1 aromatic heterocycles. The summed E-state index contributed by atoms with van der Waals surface area (Å²) in [4.78, 5) is 25.7. The average Bonchev–Trinajstić information content (AvgIpc) is 2.54. The maximum absolute atomic E-state index is 10.7. The highest BCUT2D eigenvalue weighted by atomic mass is 32.1. The molecule has 0 radical (unpaired) electrons. The number of amides is 1. The number of carbonyl (C=O) groups excluding carboxylic acids is 1. The number of aryl methyl sites for hydroxylation is 1. The minimum absolute atomic E-state index is 0.0717. The van der Waals surface area contributed by atoms with E-state index in [0.29, 0.717) is 29.4 Å². The molecule has 0 bridgehead atoms. The van der Waals surface area contributed by atoms with E-state index in [1.165, 1.54) is 11.3 Å². The van der Waals surface area contributed by atoms with E-state index in [0.717, 1.165) is 0 Å². The van der Waals surface area contributed by atoms with Gasteiger partial charge in [-0.1, -0.05) is 0 Å². The highest BCUT2D eigenvalue weighted by Crippen LogP contribution is 2.21. The van der Waals surface area contributed by atoms with Gasteiger partial charge in [0.1, 0.15) is 0 Å². The summed E-state index contributed by atoms with van der Waals surface area (Å²) in [6.07, 6.45) is 0.916. The van der Waals surface area contributed by atoms with Gasteiger partial charge in [0.25, 0.3) is 0 Å². The first kappa shape index (κ1) is 12.4. The average molecular weight is 243 g/mol. The highest BCUT2D eigenvalue weighted by Gasteiger charge is 2.13. The van der Waals surface area contributed by atoms with E-state index in [-0.39, 0.29) is 11.6 Å². The van der Waals surface area contributed by atoms with Crippen LogP contribution in [0.4, 0.5) is 5.13 Å². The number of hydrogen-bond acceptors (Lipinski definition) is 5. The predicted molar refractivity (Wildman–Crippen MR) is 60.7 cm³/mol. The van der Waals surface area contributed by atoms with Crippen molar-refractivity contribution < 1.29 is 14.7 Å². The molecule has 1 rings (SSSR count). The first-order valence-corrected chi connectivity index (χ1v) is 5.55. The van der Waals surface area contributed by atoms with Crippen molar-refractivity contribution in [3.8, 4) is 0 Å². The summed E-state index contributed by atoms with van der Waals surface area (Å²) >= 11 is 1.28. The fraction of sp³-hybridized carbons (Fsp3) is 0.444. The zero-order valence-electron chi connectivity index (χ0n) is 8.82. The molecule has 16 heavy (non-hydrogen) atoms. The lowest BCUT2D eigenvalue weighted by Gasteiger charge is -1.99. The standard InChI is InChI=1S/C9H13N3O3S/c1-5-7(8(14)15)12-9(16-5)11-4-2-3-6(10)13/h2-4H2,1H3,(H2,10,13)(H,11,12)(H,14,15). The number of nitrogens with two attached hydrogens (primary N) is 1. The third-order valence-corrected chi connectivity index (χ3v) is 2.80. The number of aromatic nitrogens is 1. The van der Waals surface area contributed by atoms with Crippen LogP contribution in [0.1, 0.15) is 28.2 Å². The van der Waals surface area contributed by atoms with Gasteiger partial charge in [-0.05, 0) is 13.3 Å². The van der Waals surface area contributed by atoms with Crippen LogP contribution in [-0.2, 0) is 4.79 Å². The molecule has 1 amide bonds. The molecule has 0 aromatic carbocycles. The van der Waals surface area contributed by atoms with Gasteiger partial charge in [0, 0.05) is 17.8 Å². The zero-order valence-corrected chi connectivity index (χ0v) is 9.63. The molecule has 6 nitrogen and oxygen atoms in total. The van der Waals surface area contributed by atoms with Crippen molar-refractivity contribution in [2.24, 2.45) is 5.73 Å². The van der Waals surface area contributed by atoms with Crippen molar-refractivity contribution in [1.29, 1.82) is 0 Å². The lowest BCUT2D eigenvalue weighted by molar-refractivity contribution is -0.118. The molecule has 0 aliphatic heterocycles. The molecule has 1 heterocycles. The van der Waals surface area contributed by atoms with Crippen molar-refractivity contribution in [1.82, 2.24) is 4.98 Å². The summed E-state index contributed by atoms with van der Waals surface area (Å²) in [6.45, 7) is 2.25. The number of anilines is 1. The Kier molecular flexibility index (Phi) is 4.24. The normalized spacial score (nSPS) is 10.1. The number of carboxylic acid groups (broad SMARTS) is 1. The van der Waals surface area contributed by atoms with E-state index >= 15 is 0 Å². The predicted octanol–water partition coefficient (Wildman–Crippen LogP) is 0.827. The molecule has 0 atom stereocenters. The molecular weight excluding hydrogens is 230 g/mol. The van der Waals surface area contributed by atoms with Crippen LogP contribution in [0.3, 0.4) is 0 Å². The molecule has 0 spiro atoms.